The highest BCUT2D eigenvalue weighted by atomic mass is 32.2. The van der Waals surface area contributed by atoms with Crippen LogP contribution < -0.4 is 24.8 Å². The molecule has 2 aliphatic heterocycles. The van der Waals surface area contributed by atoms with E-state index in [1.807, 2.05) is 25.1 Å². The first kappa shape index (κ1) is 30.2. The summed E-state index contributed by atoms with van der Waals surface area (Å²) in [6.45, 7) is 5.93. The largest absolute Gasteiger partial charge is 0.495 e. The summed E-state index contributed by atoms with van der Waals surface area (Å²) in [5, 5.41) is 11.7. The van der Waals surface area contributed by atoms with Crippen molar-refractivity contribution in [3.05, 3.63) is 59.3 Å². The number of carbonyl (C=O) groups is 2. The Morgan fingerprint density at radius 3 is 2.60 bits per heavy atom. The van der Waals surface area contributed by atoms with Crippen LogP contribution in [0.4, 0.5) is 11.6 Å². The highest BCUT2D eigenvalue weighted by molar-refractivity contribution is 7.99. The number of aromatic nitrogens is 3. The fraction of sp³-hybridized carbons (Fsp3) is 0.400. The molecule has 0 aliphatic carbocycles. The maximum Gasteiger partial charge on any atom is 0.260 e. The zero-order valence-electron chi connectivity index (χ0n) is 24.7. The Bertz CT molecular complexity index is 1500. The second kappa shape index (κ2) is 13.8. The van der Waals surface area contributed by atoms with Gasteiger partial charge in [-0.05, 0) is 43.2 Å². The van der Waals surface area contributed by atoms with E-state index in [4.69, 9.17) is 24.0 Å². The Morgan fingerprint density at radius 2 is 1.86 bits per heavy atom. The molecular weight excluding hydrogens is 572 g/mol. The summed E-state index contributed by atoms with van der Waals surface area (Å²) in [5.41, 5.74) is 2.37. The first-order chi connectivity index (χ1) is 20.9. The quantitative estimate of drug-likeness (QED) is 0.309. The number of methoxy groups -OCH3 is 2. The number of amides is 2. The van der Waals surface area contributed by atoms with Gasteiger partial charge in [0.15, 0.2) is 18.1 Å². The van der Waals surface area contributed by atoms with Crippen molar-refractivity contribution >= 4 is 35.2 Å². The summed E-state index contributed by atoms with van der Waals surface area (Å²) in [6.07, 6.45) is 0.974. The van der Waals surface area contributed by atoms with Crippen LogP contribution in [0.1, 0.15) is 31.9 Å². The van der Waals surface area contributed by atoms with Crippen LogP contribution in [-0.4, -0.2) is 84.4 Å². The standard InChI is InChI=1S/C30H36N6O6S/c1-5-16-43-30-33-29-31-19(2)26(28(38)32-21-8-6-7-9-22(21)39-3)27(36(29)34-30)20-10-11-23(24(17-20)40-4)42-18-25(37)35-12-14-41-15-13-35/h6-11,17,27H,5,12-16,18H2,1-4H3,(H,32,38)(H,31,33,34). The van der Waals surface area contributed by atoms with Gasteiger partial charge in [0.1, 0.15) is 11.8 Å². The molecule has 43 heavy (non-hydrogen) atoms. The Labute approximate surface area is 254 Å². The van der Waals surface area contributed by atoms with Crippen molar-refractivity contribution < 1.29 is 28.5 Å². The van der Waals surface area contributed by atoms with Crippen molar-refractivity contribution in [2.45, 2.75) is 31.5 Å². The minimum atomic E-state index is -0.632. The third-order valence-electron chi connectivity index (χ3n) is 7.09. The molecule has 3 heterocycles. The molecule has 13 heteroatoms. The van der Waals surface area contributed by atoms with E-state index in [2.05, 4.69) is 22.5 Å². The molecule has 1 atom stereocenters. The molecule has 1 saturated heterocycles. The number of para-hydroxylation sites is 2. The van der Waals surface area contributed by atoms with Gasteiger partial charge in [-0.25, -0.2) is 4.68 Å². The van der Waals surface area contributed by atoms with Crippen LogP contribution in [-0.2, 0) is 14.3 Å². The number of morpholine rings is 1. The van der Waals surface area contributed by atoms with E-state index in [1.165, 1.54) is 7.11 Å². The average molecular weight is 609 g/mol. The molecule has 2 aliphatic rings. The lowest BCUT2D eigenvalue weighted by Gasteiger charge is -2.29. The maximum atomic E-state index is 13.9. The first-order valence-corrected chi connectivity index (χ1v) is 15.1. The van der Waals surface area contributed by atoms with E-state index in [0.29, 0.717) is 71.6 Å². The molecule has 1 unspecified atom stereocenters. The van der Waals surface area contributed by atoms with Crippen LogP contribution in [0.15, 0.2) is 58.9 Å². The Morgan fingerprint density at radius 1 is 1.09 bits per heavy atom. The predicted octanol–water partition coefficient (Wildman–Crippen LogP) is 3.96. The fourth-order valence-corrected chi connectivity index (χ4v) is 5.63. The first-order valence-electron chi connectivity index (χ1n) is 14.1. The Kier molecular flexibility index (Phi) is 9.72. The zero-order chi connectivity index (χ0) is 30.3. The van der Waals surface area contributed by atoms with Crippen molar-refractivity contribution in [1.82, 2.24) is 19.7 Å². The summed E-state index contributed by atoms with van der Waals surface area (Å²) in [4.78, 5) is 33.0. The fourth-order valence-electron chi connectivity index (χ4n) is 4.94. The van der Waals surface area contributed by atoms with Gasteiger partial charge in [-0.1, -0.05) is 36.9 Å². The van der Waals surface area contributed by atoms with Crippen molar-refractivity contribution in [3.8, 4) is 17.2 Å². The lowest BCUT2D eigenvalue weighted by molar-refractivity contribution is -0.137. The van der Waals surface area contributed by atoms with E-state index in [9.17, 15) is 9.59 Å². The van der Waals surface area contributed by atoms with Gasteiger partial charge in [-0.3, -0.25) is 9.59 Å². The molecule has 12 nitrogen and oxygen atoms in total. The molecular formula is C30H36N6O6S. The predicted molar refractivity (Wildman–Crippen MR) is 163 cm³/mol. The number of carbonyl (C=O) groups excluding carboxylic acids is 2. The summed E-state index contributed by atoms with van der Waals surface area (Å²) in [6, 6.07) is 12.0. The number of allylic oxidation sites excluding steroid dienone is 1. The van der Waals surface area contributed by atoms with Crippen LogP contribution in [0, 0.1) is 0 Å². The lowest BCUT2D eigenvalue weighted by atomic mass is 9.94. The van der Waals surface area contributed by atoms with E-state index < -0.39 is 6.04 Å². The van der Waals surface area contributed by atoms with Gasteiger partial charge in [-0.2, -0.15) is 4.98 Å². The number of benzene rings is 2. The van der Waals surface area contributed by atoms with Crippen molar-refractivity contribution in [2.24, 2.45) is 0 Å². The molecule has 0 radical (unpaired) electrons. The van der Waals surface area contributed by atoms with Gasteiger partial charge in [-0.15, -0.1) is 5.10 Å². The minimum absolute atomic E-state index is 0.119. The van der Waals surface area contributed by atoms with Crippen molar-refractivity contribution in [1.29, 1.82) is 0 Å². The summed E-state index contributed by atoms with van der Waals surface area (Å²) in [5.74, 6) is 2.35. The normalized spacial score (nSPS) is 16.3. The Hall–Kier alpha value is -4.23. The van der Waals surface area contributed by atoms with Crippen LogP contribution in [0.5, 0.6) is 17.2 Å². The molecule has 2 aromatic carbocycles. The number of nitrogens with one attached hydrogen (secondary N) is 2. The van der Waals surface area contributed by atoms with E-state index in [-0.39, 0.29) is 18.4 Å². The third kappa shape index (κ3) is 6.73. The number of anilines is 2. The number of ether oxygens (including phenoxy) is 4. The third-order valence-corrected chi connectivity index (χ3v) is 8.13. The average Bonchev–Trinajstić information content (AvgIpc) is 3.44. The molecule has 2 amide bonds. The number of nitrogens with zero attached hydrogens (tertiary/aromatic N) is 4. The van der Waals surface area contributed by atoms with E-state index >= 15 is 0 Å². The van der Waals surface area contributed by atoms with Crippen molar-refractivity contribution in [2.75, 3.05) is 63.5 Å². The van der Waals surface area contributed by atoms with Gasteiger partial charge in [0, 0.05) is 24.5 Å². The molecule has 0 bridgehead atoms. The molecule has 2 N–H and O–H groups in total. The number of hydrogen-bond donors (Lipinski definition) is 2. The summed E-state index contributed by atoms with van der Waals surface area (Å²) >= 11 is 1.55. The lowest BCUT2D eigenvalue weighted by Crippen LogP contribution is -2.43. The summed E-state index contributed by atoms with van der Waals surface area (Å²) in [7, 11) is 3.09. The van der Waals surface area contributed by atoms with Gasteiger partial charge in [0.2, 0.25) is 11.1 Å². The topological polar surface area (TPSA) is 129 Å². The number of rotatable bonds is 11. The molecule has 1 aromatic heterocycles. The Balaban J connectivity index is 1.47. The maximum absolute atomic E-state index is 13.9. The molecule has 228 valence electrons. The monoisotopic (exact) mass is 608 g/mol. The number of hydrogen-bond acceptors (Lipinski definition) is 10. The van der Waals surface area contributed by atoms with Crippen LogP contribution >= 0.6 is 11.8 Å². The second-order valence-electron chi connectivity index (χ2n) is 9.92. The van der Waals surface area contributed by atoms with Gasteiger partial charge in [0.05, 0.1) is 38.7 Å². The highest BCUT2D eigenvalue weighted by Crippen LogP contribution is 2.40. The molecule has 3 aromatic rings. The van der Waals surface area contributed by atoms with E-state index in [0.717, 1.165) is 17.7 Å². The SMILES string of the molecule is CCCSc1nc2n(n1)C(c1ccc(OCC(=O)N3CCOCC3)c(OC)c1)C(C(=O)Nc1ccccc1OC)=C(C)N2. The smallest absolute Gasteiger partial charge is 0.260 e. The zero-order valence-corrected chi connectivity index (χ0v) is 25.5. The van der Waals surface area contributed by atoms with Crippen molar-refractivity contribution in [3.63, 3.8) is 0 Å². The molecule has 5 rings (SSSR count). The van der Waals surface area contributed by atoms with Crippen LogP contribution in [0.25, 0.3) is 0 Å². The molecule has 1 fully saturated rings. The van der Waals surface area contributed by atoms with Gasteiger partial charge >= 0.3 is 0 Å². The molecule has 0 saturated carbocycles. The summed E-state index contributed by atoms with van der Waals surface area (Å²) < 4.78 is 24.1. The second-order valence-corrected chi connectivity index (χ2v) is 11.0. The number of thioether (sulfide) groups is 1. The van der Waals surface area contributed by atoms with Crippen LogP contribution in [0.2, 0.25) is 0 Å². The van der Waals surface area contributed by atoms with E-state index in [1.54, 1.807) is 52.7 Å². The molecule has 0 spiro atoms. The van der Waals surface area contributed by atoms with Crippen LogP contribution in [0.3, 0.4) is 0 Å². The van der Waals surface area contributed by atoms with Gasteiger partial charge in [0.25, 0.3) is 11.8 Å². The minimum Gasteiger partial charge on any atom is -0.495 e. The number of fused-ring (bicyclic) bond motifs is 1. The van der Waals surface area contributed by atoms with Gasteiger partial charge < -0.3 is 34.5 Å². The highest BCUT2D eigenvalue weighted by Gasteiger charge is 2.35.